The van der Waals surface area contributed by atoms with Crippen LogP contribution in [-0.4, -0.2) is 43.0 Å². The van der Waals surface area contributed by atoms with E-state index in [1.807, 2.05) is 36.4 Å². The first-order valence-electron chi connectivity index (χ1n) is 9.18. The largest absolute Gasteiger partial charge is 0.355 e. The van der Waals surface area contributed by atoms with Crippen molar-refractivity contribution in [2.24, 2.45) is 5.84 Å². The highest BCUT2D eigenvalue weighted by atomic mass is 16.1. The number of carbonyl (C=O) groups is 1. The molecular weight excluding hydrogens is 382 g/mol. The molecule has 10 nitrogen and oxygen atoms in total. The topological polar surface area (TPSA) is 130 Å². The van der Waals surface area contributed by atoms with E-state index < -0.39 is 0 Å². The molecule has 0 spiro atoms. The number of nitrogens with zero attached hydrogens (tertiary/aromatic N) is 6. The first kappa shape index (κ1) is 17.8. The number of pyridine rings is 1. The van der Waals surface area contributed by atoms with Crippen LogP contribution >= 0.6 is 0 Å². The van der Waals surface area contributed by atoms with Crippen LogP contribution in [0.4, 0.5) is 11.6 Å². The molecule has 0 aliphatic rings. The first-order valence-corrected chi connectivity index (χ1v) is 9.18. The molecule has 0 bridgehead atoms. The maximum atomic E-state index is 11.7. The molecule has 3 heterocycles. The lowest BCUT2D eigenvalue weighted by Crippen LogP contribution is -2.26. The molecule has 0 atom stereocenters. The Labute approximate surface area is 170 Å². The summed E-state index contributed by atoms with van der Waals surface area (Å²) < 4.78 is 1.73. The highest BCUT2D eigenvalue weighted by Crippen LogP contribution is 2.25. The highest BCUT2D eigenvalue weighted by molar-refractivity contribution is 5.94. The van der Waals surface area contributed by atoms with E-state index in [0.717, 1.165) is 22.3 Å². The van der Waals surface area contributed by atoms with Gasteiger partial charge in [-0.25, -0.2) is 15.4 Å². The van der Waals surface area contributed by atoms with Crippen molar-refractivity contribution in [2.75, 3.05) is 12.1 Å². The van der Waals surface area contributed by atoms with Crippen LogP contribution in [0.15, 0.2) is 60.7 Å². The summed E-state index contributed by atoms with van der Waals surface area (Å²) in [5, 5.41) is 19.4. The molecule has 0 saturated heterocycles. The summed E-state index contributed by atoms with van der Waals surface area (Å²) in [5.41, 5.74) is 5.18. The molecule has 4 N–H and O–H groups in total. The smallest absolute Gasteiger partial charge is 0.264 e. The monoisotopic (exact) mass is 399 g/mol. The van der Waals surface area contributed by atoms with Gasteiger partial charge in [-0.3, -0.25) is 4.79 Å². The van der Waals surface area contributed by atoms with Gasteiger partial charge in [0.05, 0.1) is 11.4 Å². The molecule has 30 heavy (non-hydrogen) atoms. The number of amides is 1. The predicted molar refractivity (Wildman–Crippen MR) is 112 cm³/mol. The Bertz CT molecular complexity index is 1370. The highest BCUT2D eigenvalue weighted by Gasteiger charge is 2.15. The number of anilines is 2. The van der Waals surface area contributed by atoms with Crippen molar-refractivity contribution in [1.82, 2.24) is 35.3 Å². The fourth-order valence-corrected chi connectivity index (χ4v) is 3.25. The van der Waals surface area contributed by atoms with Crippen molar-refractivity contribution in [3.8, 4) is 11.3 Å². The fourth-order valence-electron chi connectivity index (χ4n) is 3.25. The van der Waals surface area contributed by atoms with E-state index in [1.54, 1.807) is 35.8 Å². The second kappa shape index (κ2) is 6.94. The van der Waals surface area contributed by atoms with Crippen LogP contribution < -0.4 is 16.2 Å². The van der Waals surface area contributed by atoms with Gasteiger partial charge in [-0.05, 0) is 48.5 Å². The quantitative estimate of drug-likeness (QED) is 0.311. The standard InChI is InChI=1S/C20H17N9O/c1-22-19(30)12-5-8-14(9-6-12)28(21)20-23-18-4-2-3-17(29(18)26-20)13-7-10-15-16(11-13)25-27-24-15/h2-11H,21H2,1H3,(H,22,30)(H,24,25,27). The molecule has 0 unspecified atom stereocenters. The molecule has 0 aliphatic carbocycles. The average molecular weight is 399 g/mol. The minimum Gasteiger partial charge on any atom is -0.355 e. The Morgan fingerprint density at radius 2 is 1.87 bits per heavy atom. The van der Waals surface area contributed by atoms with Crippen molar-refractivity contribution >= 4 is 34.2 Å². The van der Waals surface area contributed by atoms with Gasteiger partial charge in [0.25, 0.3) is 11.9 Å². The summed E-state index contributed by atoms with van der Waals surface area (Å²) in [6.45, 7) is 0. The Hall–Kier alpha value is -4.31. The number of aromatic amines is 1. The second-order valence-electron chi connectivity index (χ2n) is 6.62. The summed E-state index contributed by atoms with van der Waals surface area (Å²) in [5.74, 6) is 6.43. The number of hydrogen-bond donors (Lipinski definition) is 3. The lowest BCUT2D eigenvalue weighted by atomic mass is 10.1. The Morgan fingerprint density at radius 3 is 2.67 bits per heavy atom. The number of carbonyl (C=O) groups excluding carboxylic acids is 1. The Kier molecular flexibility index (Phi) is 4.11. The number of nitrogens with one attached hydrogen (secondary N) is 2. The number of benzene rings is 2. The SMILES string of the molecule is CNC(=O)c1ccc(N(N)c2nc3cccc(-c4ccc5n[nH]nc5c4)n3n2)cc1. The molecule has 0 aliphatic heterocycles. The molecule has 5 aromatic rings. The number of aromatic nitrogens is 6. The van der Waals surface area contributed by atoms with Crippen molar-refractivity contribution in [2.45, 2.75) is 0 Å². The van der Waals surface area contributed by atoms with Crippen molar-refractivity contribution in [3.05, 3.63) is 66.2 Å². The van der Waals surface area contributed by atoms with Crippen LogP contribution in [0.1, 0.15) is 10.4 Å². The van der Waals surface area contributed by atoms with Gasteiger partial charge in [0.1, 0.15) is 11.0 Å². The third kappa shape index (κ3) is 2.91. The second-order valence-corrected chi connectivity index (χ2v) is 6.62. The fraction of sp³-hybridized carbons (Fsp3) is 0.0500. The maximum Gasteiger partial charge on any atom is 0.264 e. The number of H-pyrrole nitrogens is 1. The van der Waals surface area contributed by atoms with Crippen LogP contribution in [-0.2, 0) is 0 Å². The van der Waals surface area contributed by atoms with E-state index in [1.165, 1.54) is 5.01 Å². The number of rotatable bonds is 4. The zero-order chi connectivity index (χ0) is 20.7. The summed E-state index contributed by atoms with van der Waals surface area (Å²) in [6.07, 6.45) is 0. The molecule has 5 rings (SSSR count). The molecule has 148 valence electrons. The summed E-state index contributed by atoms with van der Waals surface area (Å²) in [6, 6.07) is 18.4. The van der Waals surface area contributed by atoms with Crippen LogP contribution in [0.3, 0.4) is 0 Å². The van der Waals surface area contributed by atoms with Gasteiger partial charge in [0, 0.05) is 18.2 Å². The first-order chi connectivity index (χ1) is 14.6. The molecule has 0 radical (unpaired) electrons. The lowest BCUT2D eigenvalue weighted by Gasteiger charge is -2.14. The molecule has 0 fully saturated rings. The third-order valence-electron chi connectivity index (χ3n) is 4.81. The van der Waals surface area contributed by atoms with E-state index in [0.29, 0.717) is 22.8 Å². The van der Waals surface area contributed by atoms with Crippen LogP contribution in [0.25, 0.3) is 27.9 Å². The molecule has 2 aromatic carbocycles. The van der Waals surface area contributed by atoms with E-state index >= 15 is 0 Å². The van der Waals surface area contributed by atoms with Gasteiger partial charge in [-0.2, -0.15) is 20.4 Å². The van der Waals surface area contributed by atoms with Gasteiger partial charge in [-0.1, -0.05) is 12.1 Å². The average Bonchev–Trinajstić information content (AvgIpc) is 3.44. The summed E-state index contributed by atoms with van der Waals surface area (Å²) in [4.78, 5) is 16.3. The molecule has 1 amide bonds. The van der Waals surface area contributed by atoms with E-state index in [9.17, 15) is 4.79 Å². The van der Waals surface area contributed by atoms with Crippen molar-refractivity contribution < 1.29 is 4.79 Å². The van der Waals surface area contributed by atoms with Crippen LogP contribution in [0.2, 0.25) is 0 Å². The summed E-state index contributed by atoms with van der Waals surface area (Å²) >= 11 is 0. The number of fused-ring (bicyclic) bond motifs is 2. The number of nitrogens with two attached hydrogens (primary N) is 1. The van der Waals surface area contributed by atoms with E-state index in [4.69, 9.17) is 5.84 Å². The van der Waals surface area contributed by atoms with Crippen molar-refractivity contribution in [1.29, 1.82) is 0 Å². The number of hydrogen-bond acceptors (Lipinski definition) is 7. The molecular formula is C20H17N9O. The normalized spacial score (nSPS) is 11.1. The van der Waals surface area contributed by atoms with E-state index in [2.05, 4.69) is 30.8 Å². The minimum absolute atomic E-state index is 0.162. The van der Waals surface area contributed by atoms with Gasteiger partial charge in [0.15, 0.2) is 5.65 Å². The Balaban J connectivity index is 1.53. The van der Waals surface area contributed by atoms with Crippen LogP contribution in [0, 0.1) is 0 Å². The zero-order valence-electron chi connectivity index (χ0n) is 15.9. The zero-order valence-corrected chi connectivity index (χ0v) is 15.9. The van der Waals surface area contributed by atoms with Gasteiger partial charge in [0.2, 0.25) is 0 Å². The number of hydrazine groups is 1. The lowest BCUT2D eigenvalue weighted by molar-refractivity contribution is 0.0963. The van der Waals surface area contributed by atoms with E-state index in [-0.39, 0.29) is 5.91 Å². The summed E-state index contributed by atoms with van der Waals surface area (Å²) in [7, 11) is 1.59. The molecule has 3 aromatic heterocycles. The maximum absolute atomic E-state index is 11.7. The van der Waals surface area contributed by atoms with Crippen molar-refractivity contribution in [3.63, 3.8) is 0 Å². The third-order valence-corrected chi connectivity index (χ3v) is 4.81. The molecule has 10 heteroatoms. The predicted octanol–water partition coefficient (Wildman–Crippen LogP) is 2.04. The Morgan fingerprint density at radius 1 is 1.07 bits per heavy atom. The van der Waals surface area contributed by atoms with Gasteiger partial charge >= 0.3 is 0 Å². The van der Waals surface area contributed by atoms with Gasteiger partial charge < -0.3 is 5.32 Å². The minimum atomic E-state index is -0.162. The van der Waals surface area contributed by atoms with Gasteiger partial charge in [-0.15, -0.1) is 5.10 Å². The van der Waals surface area contributed by atoms with Crippen LogP contribution in [0.5, 0.6) is 0 Å². The molecule has 0 saturated carbocycles.